The number of nitrogens with zero attached hydrogens (tertiary/aromatic N) is 1. The third-order valence-electron chi connectivity index (χ3n) is 5.69. The van der Waals surface area contributed by atoms with Crippen LogP contribution in [-0.2, 0) is 10.0 Å². The Hall–Kier alpha value is -2.18. The van der Waals surface area contributed by atoms with Crippen LogP contribution in [0.2, 0.25) is 0 Å². The monoisotopic (exact) mass is 370 g/mol. The number of primary sulfonamides is 1. The maximum Gasteiger partial charge on any atom is 0.239 e. The zero-order valence-electron chi connectivity index (χ0n) is 14.7. The van der Waals surface area contributed by atoms with E-state index in [2.05, 4.69) is 17.1 Å². The van der Waals surface area contributed by atoms with Gasteiger partial charge in [-0.3, -0.25) is 4.98 Å². The van der Waals surface area contributed by atoms with Gasteiger partial charge >= 0.3 is 0 Å². The molecule has 2 aliphatic carbocycles. The Morgan fingerprint density at radius 3 is 2.23 bits per heavy atom. The molecule has 0 unspecified atom stereocenters. The Morgan fingerprint density at radius 1 is 1.04 bits per heavy atom. The van der Waals surface area contributed by atoms with Crippen molar-refractivity contribution >= 4 is 21.2 Å². The molecule has 1 saturated carbocycles. The topological polar surface area (TPSA) is 82.3 Å². The van der Waals surface area contributed by atoms with Crippen LogP contribution in [0.4, 0.5) is 0 Å². The lowest BCUT2D eigenvalue weighted by molar-refractivity contribution is 0.157. The number of hydrogen-bond acceptors (Lipinski definition) is 4. The van der Waals surface area contributed by atoms with Gasteiger partial charge in [-0.2, -0.15) is 0 Å². The molecule has 0 atom stereocenters. The summed E-state index contributed by atoms with van der Waals surface area (Å²) in [5, 5.41) is 5.19. The maximum atomic E-state index is 11.5. The predicted octanol–water partition coefficient (Wildman–Crippen LogP) is 3.61. The van der Waals surface area contributed by atoms with Gasteiger partial charge in [0.05, 0.1) is 12.8 Å². The lowest BCUT2D eigenvalue weighted by Crippen LogP contribution is -2.26. The molecule has 0 saturated heterocycles. The minimum atomic E-state index is -3.73. The van der Waals surface area contributed by atoms with E-state index in [0.29, 0.717) is 5.41 Å². The van der Waals surface area contributed by atoms with Crippen LogP contribution >= 0.6 is 0 Å². The lowest BCUT2D eigenvalue weighted by Gasteiger charge is -2.39. The third kappa shape index (κ3) is 3.04. The molecule has 6 heteroatoms. The van der Waals surface area contributed by atoms with E-state index in [4.69, 9.17) is 9.88 Å². The fourth-order valence-corrected chi connectivity index (χ4v) is 4.55. The number of nitrogens with two attached hydrogens (primary N) is 1. The molecule has 1 heterocycles. The summed E-state index contributed by atoms with van der Waals surface area (Å²) in [6.45, 7) is 0. The Balaban J connectivity index is 1.75. The number of pyridine rings is 1. The highest BCUT2D eigenvalue weighted by atomic mass is 32.2. The summed E-state index contributed by atoms with van der Waals surface area (Å²) in [4.78, 5) is 4.46. The zero-order valence-corrected chi connectivity index (χ0v) is 15.6. The maximum absolute atomic E-state index is 11.5. The molecule has 5 nitrogen and oxygen atoms in total. The number of rotatable bonds is 4. The summed E-state index contributed by atoms with van der Waals surface area (Å²) in [6.07, 6.45) is 7.16. The molecule has 1 spiro atoms. The Kier molecular flexibility index (Phi) is 4.12. The van der Waals surface area contributed by atoms with Crippen molar-refractivity contribution in [3.63, 3.8) is 0 Å². The summed E-state index contributed by atoms with van der Waals surface area (Å²) in [7, 11) is -2.06. The van der Waals surface area contributed by atoms with Crippen molar-refractivity contribution < 1.29 is 13.2 Å². The van der Waals surface area contributed by atoms with Gasteiger partial charge in [0, 0.05) is 6.20 Å². The normalized spacial score (nSPS) is 18.8. The van der Waals surface area contributed by atoms with Crippen LogP contribution in [0.15, 0.2) is 47.5 Å². The zero-order chi connectivity index (χ0) is 18.4. The van der Waals surface area contributed by atoms with E-state index in [1.54, 1.807) is 19.2 Å². The molecule has 0 amide bonds. The van der Waals surface area contributed by atoms with E-state index in [1.807, 2.05) is 12.1 Å². The largest absolute Gasteiger partial charge is 0.497 e. The van der Waals surface area contributed by atoms with Gasteiger partial charge in [0.25, 0.3) is 0 Å². The summed E-state index contributed by atoms with van der Waals surface area (Å²) >= 11 is 0. The summed E-state index contributed by atoms with van der Waals surface area (Å²) in [5.74, 6) is 0.836. The molecule has 2 aliphatic rings. The quantitative estimate of drug-likeness (QED) is 0.891. The molecular formula is C20H22N2O3S. The Bertz CT molecular complexity index is 957. The van der Waals surface area contributed by atoms with Crippen molar-refractivity contribution in [1.29, 1.82) is 0 Å². The summed E-state index contributed by atoms with van der Waals surface area (Å²) < 4.78 is 28.2. The fourth-order valence-electron chi connectivity index (χ4n) is 4.10. The number of sulfonamides is 1. The standard InChI is InChI=1S/C20H22N2O3S/c1-25-15-5-3-14(4-6-15)17-11-20(9-2-10-20)12-18(17)19-8-7-16(13-22-19)26(21,23)24/h3-8,13H,2,9-12H2,1H3,(H2,21,23,24). The molecule has 1 aromatic heterocycles. The van der Waals surface area contributed by atoms with Crippen LogP contribution in [0.3, 0.4) is 0 Å². The number of benzene rings is 1. The van der Waals surface area contributed by atoms with Crippen LogP contribution in [0.1, 0.15) is 43.4 Å². The Labute approximate surface area is 154 Å². The van der Waals surface area contributed by atoms with E-state index >= 15 is 0 Å². The van der Waals surface area contributed by atoms with E-state index in [9.17, 15) is 8.42 Å². The first kappa shape index (κ1) is 17.2. The van der Waals surface area contributed by atoms with Crippen LogP contribution in [-0.4, -0.2) is 20.5 Å². The minimum Gasteiger partial charge on any atom is -0.497 e. The van der Waals surface area contributed by atoms with Crippen molar-refractivity contribution in [3.8, 4) is 5.75 Å². The number of ether oxygens (including phenoxy) is 1. The number of aromatic nitrogens is 1. The second kappa shape index (κ2) is 6.21. The summed E-state index contributed by atoms with van der Waals surface area (Å²) in [5.41, 5.74) is 4.90. The van der Waals surface area contributed by atoms with E-state index in [-0.39, 0.29) is 4.90 Å². The number of methoxy groups -OCH3 is 1. The second-order valence-corrected chi connectivity index (χ2v) is 8.88. The van der Waals surface area contributed by atoms with E-state index in [0.717, 1.165) is 24.3 Å². The smallest absolute Gasteiger partial charge is 0.239 e. The van der Waals surface area contributed by atoms with Crippen molar-refractivity contribution in [2.24, 2.45) is 10.6 Å². The molecule has 0 aliphatic heterocycles. The minimum absolute atomic E-state index is 0.0456. The molecule has 2 aromatic rings. The van der Waals surface area contributed by atoms with Crippen LogP contribution < -0.4 is 9.88 Å². The van der Waals surface area contributed by atoms with Crippen molar-refractivity contribution in [1.82, 2.24) is 4.98 Å². The van der Waals surface area contributed by atoms with Gasteiger partial charge in [-0.05, 0) is 72.1 Å². The molecular weight excluding hydrogens is 348 g/mol. The first-order valence-electron chi connectivity index (χ1n) is 8.76. The number of hydrogen-bond donors (Lipinski definition) is 1. The SMILES string of the molecule is COc1ccc(C2=C(c3ccc(S(N)(=O)=O)cn3)CC3(CCC3)C2)cc1. The third-order valence-corrected chi connectivity index (χ3v) is 6.59. The lowest BCUT2D eigenvalue weighted by atomic mass is 9.66. The van der Waals surface area contributed by atoms with E-state index < -0.39 is 10.0 Å². The van der Waals surface area contributed by atoms with Gasteiger partial charge in [-0.15, -0.1) is 0 Å². The van der Waals surface area contributed by atoms with Gasteiger partial charge in [0.1, 0.15) is 10.6 Å². The second-order valence-electron chi connectivity index (χ2n) is 7.32. The highest BCUT2D eigenvalue weighted by Gasteiger charge is 2.44. The highest BCUT2D eigenvalue weighted by Crippen LogP contribution is 2.59. The molecule has 0 bridgehead atoms. The van der Waals surface area contributed by atoms with Crippen LogP contribution in [0.25, 0.3) is 11.1 Å². The first-order chi connectivity index (χ1) is 12.4. The molecule has 0 radical (unpaired) electrons. The van der Waals surface area contributed by atoms with Crippen LogP contribution in [0.5, 0.6) is 5.75 Å². The van der Waals surface area contributed by atoms with Crippen molar-refractivity contribution in [2.45, 2.75) is 37.0 Å². The molecule has 1 aromatic carbocycles. The molecule has 1 fully saturated rings. The highest BCUT2D eigenvalue weighted by molar-refractivity contribution is 7.89. The van der Waals surface area contributed by atoms with E-state index in [1.165, 1.54) is 42.2 Å². The number of allylic oxidation sites excluding steroid dienone is 2. The average molecular weight is 370 g/mol. The van der Waals surface area contributed by atoms with Gasteiger partial charge in [-0.1, -0.05) is 18.6 Å². The molecule has 136 valence electrons. The molecule has 2 N–H and O–H groups in total. The van der Waals surface area contributed by atoms with Gasteiger partial charge in [0.2, 0.25) is 10.0 Å². The molecule has 4 rings (SSSR count). The fraction of sp³-hybridized carbons (Fsp3) is 0.350. The predicted molar refractivity (Wildman–Crippen MR) is 101 cm³/mol. The Morgan fingerprint density at radius 2 is 1.73 bits per heavy atom. The van der Waals surface area contributed by atoms with Crippen LogP contribution in [0, 0.1) is 5.41 Å². The van der Waals surface area contributed by atoms with Gasteiger partial charge in [0.15, 0.2) is 0 Å². The van der Waals surface area contributed by atoms with Gasteiger partial charge < -0.3 is 4.74 Å². The first-order valence-corrected chi connectivity index (χ1v) is 10.3. The van der Waals surface area contributed by atoms with Gasteiger partial charge in [-0.25, -0.2) is 13.6 Å². The van der Waals surface area contributed by atoms with Crippen molar-refractivity contribution in [2.75, 3.05) is 7.11 Å². The average Bonchev–Trinajstić information content (AvgIpc) is 3.03. The summed E-state index contributed by atoms with van der Waals surface area (Å²) in [6, 6.07) is 11.4. The van der Waals surface area contributed by atoms with Crippen molar-refractivity contribution in [3.05, 3.63) is 53.9 Å². The molecule has 26 heavy (non-hydrogen) atoms.